The lowest BCUT2D eigenvalue weighted by atomic mass is 10.1. The summed E-state index contributed by atoms with van der Waals surface area (Å²) in [4.78, 5) is 27.8. The Labute approximate surface area is 140 Å². The third-order valence-corrected chi connectivity index (χ3v) is 3.82. The van der Waals surface area contributed by atoms with Crippen molar-refractivity contribution in [2.75, 3.05) is 32.7 Å². The monoisotopic (exact) mass is 328 g/mol. The van der Waals surface area contributed by atoms with Gasteiger partial charge in [-0.1, -0.05) is 0 Å². The van der Waals surface area contributed by atoms with Gasteiger partial charge in [0.05, 0.1) is 25.0 Å². The summed E-state index contributed by atoms with van der Waals surface area (Å²) in [7, 11) is 0. The van der Waals surface area contributed by atoms with Crippen molar-refractivity contribution in [1.82, 2.24) is 9.80 Å². The number of nitrogens with zero attached hydrogens (tertiary/aromatic N) is 2. The van der Waals surface area contributed by atoms with E-state index >= 15 is 0 Å². The van der Waals surface area contributed by atoms with Crippen LogP contribution in [0.15, 0.2) is 0 Å². The maximum absolute atomic E-state index is 11.6. The Morgan fingerprint density at radius 1 is 0.957 bits per heavy atom. The molecular formula is C17H32N2O4. The fraction of sp³-hybridized carbons (Fsp3) is 0.882. The van der Waals surface area contributed by atoms with Gasteiger partial charge in [0.1, 0.15) is 0 Å². The number of piperazine rings is 1. The molecular weight excluding hydrogens is 296 g/mol. The second kappa shape index (κ2) is 9.88. The normalized spacial score (nSPS) is 20.0. The SMILES string of the molecule is CC(C)OC(=O)CCN1CCN(CCC(=O)OC(C)C)C(C)C1. The van der Waals surface area contributed by atoms with Crippen LogP contribution >= 0.6 is 0 Å². The van der Waals surface area contributed by atoms with Gasteiger partial charge >= 0.3 is 11.9 Å². The van der Waals surface area contributed by atoms with Gasteiger partial charge in [-0.05, 0) is 34.6 Å². The molecule has 1 saturated heterocycles. The van der Waals surface area contributed by atoms with E-state index < -0.39 is 0 Å². The summed E-state index contributed by atoms with van der Waals surface area (Å²) in [5.41, 5.74) is 0. The third-order valence-electron chi connectivity index (χ3n) is 3.82. The van der Waals surface area contributed by atoms with E-state index in [-0.39, 0.29) is 24.1 Å². The van der Waals surface area contributed by atoms with Gasteiger partial charge in [-0.2, -0.15) is 0 Å². The van der Waals surface area contributed by atoms with Crippen molar-refractivity contribution in [3.05, 3.63) is 0 Å². The van der Waals surface area contributed by atoms with Crippen LogP contribution in [0.25, 0.3) is 0 Å². The molecule has 1 unspecified atom stereocenters. The lowest BCUT2D eigenvalue weighted by Gasteiger charge is -2.39. The number of ether oxygens (including phenoxy) is 2. The van der Waals surface area contributed by atoms with Crippen LogP contribution in [0.5, 0.6) is 0 Å². The van der Waals surface area contributed by atoms with Crippen molar-refractivity contribution in [1.29, 1.82) is 0 Å². The number of carbonyl (C=O) groups excluding carboxylic acids is 2. The molecule has 0 radical (unpaired) electrons. The molecule has 0 aliphatic carbocycles. The number of carbonyl (C=O) groups is 2. The predicted octanol–water partition coefficient (Wildman–Crippen LogP) is 1.68. The molecule has 1 aliphatic rings. The summed E-state index contributed by atoms with van der Waals surface area (Å²) in [6.07, 6.45) is 0.765. The van der Waals surface area contributed by atoms with E-state index in [1.165, 1.54) is 0 Å². The molecule has 0 bridgehead atoms. The zero-order valence-corrected chi connectivity index (χ0v) is 15.2. The van der Waals surface area contributed by atoms with E-state index in [4.69, 9.17) is 9.47 Å². The minimum absolute atomic E-state index is 0.0520. The minimum Gasteiger partial charge on any atom is -0.463 e. The smallest absolute Gasteiger partial charge is 0.307 e. The van der Waals surface area contributed by atoms with Crippen molar-refractivity contribution in [2.24, 2.45) is 0 Å². The molecule has 1 aliphatic heterocycles. The van der Waals surface area contributed by atoms with Gasteiger partial charge in [0, 0.05) is 38.8 Å². The molecule has 0 aromatic carbocycles. The fourth-order valence-electron chi connectivity index (χ4n) is 2.73. The molecule has 134 valence electrons. The summed E-state index contributed by atoms with van der Waals surface area (Å²) in [6, 6.07) is 0.372. The molecule has 23 heavy (non-hydrogen) atoms. The first-order valence-electron chi connectivity index (χ1n) is 8.63. The van der Waals surface area contributed by atoms with Crippen LogP contribution in [0.3, 0.4) is 0 Å². The van der Waals surface area contributed by atoms with E-state index in [2.05, 4.69) is 16.7 Å². The number of esters is 2. The molecule has 0 aromatic heterocycles. The van der Waals surface area contributed by atoms with Crippen molar-refractivity contribution >= 4 is 11.9 Å². The average molecular weight is 328 g/mol. The summed E-state index contributed by atoms with van der Waals surface area (Å²) in [6.45, 7) is 13.8. The van der Waals surface area contributed by atoms with Crippen molar-refractivity contribution in [3.63, 3.8) is 0 Å². The summed E-state index contributed by atoms with van der Waals surface area (Å²) < 4.78 is 10.3. The lowest BCUT2D eigenvalue weighted by Crippen LogP contribution is -2.52. The van der Waals surface area contributed by atoms with E-state index in [1.807, 2.05) is 27.7 Å². The first-order valence-corrected chi connectivity index (χ1v) is 8.63. The third kappa shape index (κ3) is 8.32. The Morgan fingerprint density at radius 3 is 1.96 bits per heavy atom. The fourth-order valence-corrected chi connectivity index (χ4v) is 2.73. The highest BCUT2D eigenvalue weighted by atomic mass is 16.5. The van der Waals surface area contributed by atoms with Gasteiger partial charge in [-0.15, -0.1) is 0 Å². The van der Waals surface area contributed by atoms with Crippen LogP contribution in [0.2, 0.25) is 0 Å². The van der Waals surface area contributed by atoms with Gasteiger partial charge in [-0.25, -0.2) is 0 Å². The highest BCUT2D eigenvalue weighted by Crippen LogP contribution is 2.11. The van der Waals surface area contributed by atoms with E-state index in [0.717, 1.165) is 32.7 Å². The maximum Gasteiger partial charge on any atom is 0.307 e. The van der Waals surface area contributed by atoms with Crippen molar-refractivity contribution in [2.45, 2.75) is 65.7 Å². The summed E-state index contributed by atoms with van der Waals surface area (Å²) in [5, 5.41) is 0. The Bertz CT molecular complexity index is 385. The molecule has 1 heterocycles. The van der Waals surface area contributed by atoms with E-state index in [0.29, 0.717) is 18.9 Å². The highest BCUT2D eigenvalue weighted by molar-refractivity contribution is 5.70. The molecule has 0 N–H and O–H groups in total. The molecule has 1 fully saturated rings. The molecule has 0 aromatic rings. The van der Waals surface area contributed by atoms with Crippen LogP contribution in [-0.2, 0) is 19.1 Å². The molecule has 0 saturated carbocycles. The van der Waals surface area contributed by atoms with Crippen LogP contribution < -0.4 is 0 Å². The molecule has 6 nitrogen and oxygen atoms in total. The lowest BCUT2D eigenvalue weighted by molar-refractivity contribution is -0.149. The van der Waals surface area contributed by atoms with E-state index in [9.17, 15) is 9.59 Å². The largest absolute Gasteiger partial charge is 0.463 e. The number of hydrogen-bond donors (Lipinski definition) is 0. The molecule has 6 heteroatoms. The van der Waals surface area contributed by atoms with Gasteiger partial charge in [0.2, 0.25) is 0 Å². The van der Waals surface area contributed by atoms with Gasteiger partial charge in [0.25, 0.3) is 0 Å². The standard InChI is InChI=1S/C17H32N2O4/c1-13(2)22-16(20)6-8-18-10-11-19(15(5)12-18)9-7-17(21)23-14(3)4/h13-15H,6-12H2,1-5H3. The van der Waals surface area contributed by atoms with Crippen LogP contribution in [0.4, 0.5) is 0 Å². The Kier molecular flexibility index (Phi) is 8.55. The second-order valence-corrected chi connectivity index (χ2v) is 6.76. The predicted molar refractivity (Wildman–Crippen MR) is 89.2 cm³/mol. The van der Waals surface area contributed by atoms with Crippen LogP contribution in [0, 0.1) is 0 Å². The van der Waals surface area contributed by atoms with Crippen molar-refractivity contribution < 1.29 is 19.1 Å². The minimum atomic E-state index is -0.133. The summed E-state index contributed by atoms with van der Waals surface area (Å²) in [5.74, 6) is -0.266. The van der Waals surface area contributed by atoms with Crippen LogP contribution in [-0.4, -0.2) is 72.7 Å². The zero-order chi connectivity index (χ0) is 17.4. The topological polar surface area (TPSA) is 59.1 Å². The van der Waals surface area contributed by atoms with Gasteiger partial charge in [0.15, 0.2) is 0 Å². The molecule has 0 spiro atoms. The maximum atomic E-state index is 11.6. The van der Waals surface area contributed by atoms with Gasteiger partial charge < -0.3 is 9.47 Å². The average Bonchev–Trinajstić information content (AvgIpc) is 2.42. The van der Waals surface area contributed by atoms with E-state index in [1.54, 1.807) is 0 Å². The van der Waals surface area contributed by atoms with Crippen molar-refractivity contribution in [3.8, 4) is 0 Å². The van der Waals surface area contributed by atoms with Crippen LogP contribution in [0.1, 0.15) is 47.5 Å². The Morgan fingerprint density at radius 2 is 1.48 bits per heavy atom. The second-order valence-electron chi connectivity index (χ2n) is 6.76. The Balaban J connectivity index is 2.25. The Hall–Kier alpha value is -1.14. The first kappa shape index (κ1) is 19.9. The number of hydrogen-bond acceptors (Lipinski definition) is 6. The molecule has 1 atom stereocenters. The zero-order valence-electron chi connectivity index (χ0n) is 15.2. The first-order chi connectivity index (χ1) is 10.8. The highest BCUT2D eigenvalue weighted by Gasteiger charge is 2.24. The quantitative estimate of drug-likeness (QED) is 0.632. The number of rotatable bonds is 8. The van der Waals surface area contributed by atoms with Gasteiger partial charge in [-0.3, -0.25) is 19.4 Å². The summed E-state index contributed by atoms with van der Waals surface area (Å²) >= 11 is 0. The molecule has 0 amide bonds. The molecule has 1 rings (SSSR count).